The van der Waals surface area contributed by atoms with Gasteiger partial charge in [-0.3, -0.25) is 0 Å². The van der Waals surface area contributed by atoms with Crippen LogP contribution >= 0.6 is 0 Å². The molecule has 16 heteroatoms. The molecule has 0 spiro atoms. The van der Waals surface area contributed by atoms with Crippen molar-refractivity contribution >= 4 is 35.9 Å². The molecule has 0 bridgehead atoms. The van der Waals surface area contributed by atoms with E-state index in [4.69, 9.17) is 52.2 Å². The first-order valence-electron chi connectivity index (χ1n) is 13.6. The Morgan fingerprint density at radius 3 is 0.649 bits per heavy atom. The van der Waals surface area contributed by atoms with Gasteiger partial charge in [0.1, 0.15) is 0 Å². The van der Waals surface area contributed by atoms with E-state index < -0.39 is 35.9 Å². The molecule has 0 atom stereocenters. The molecule has 0 aliphatic rings. The molecule has 0 aromatic rings. The van der Waals surface area contributed by atoms with E-state index in [9.17, 15) is 0 Å². The van der Waals surface area contributed by atoms with Crippen molar-refractivity contribution < 1.29 is 52.2 Å². The van der Waals surface area contributed by atoms with Gasteiger partial charge in [0.2, 0.25) is 0 Å². The monoisotopic (exact) mass is 608 g/mol. The predicted octanol–water partition coefficient (Wildman–Crippen LogP) is 4.02. The average molecular weight is 609 g/mol. The second-order valence-corrected chi connectivity index (χ2v) is 17.0. The molecular weight excluding hydrogens is 557 g/mol. The van der Waals surface area contributed by atoms with Crippen molar-refractivity contribution in [2.24, 2.45) is 0 Å². The first-order valence-corrected chi connectivity index (χ1v) is 20.4. The molecule has 0 unspecified atom stereocenters. The molecule has 0 aromatic heterocycles. The SMILES string of the molecule is CCC[Si](O[Si](OCC)(OCC)OCC)(O[Si](OCC)(OCC)OCC)O[Si](OCC)(OCC)OCC. The lowest BCUT2D eigenvalue weighted by atomic mass is 10.6. The van der Waals surface area contributed by atoms with Gasteiger partial charge in [0.05, 0.1) is 0 Å². The zero-order valence-corrected chi connectivity index (χ0v) is 28.7. The summed E-state index contributed by atoms with van der Waals surface area (Å²) >= 11 is 0. The van der Waals surface area contributed by atoms with Crippen molar-refractivity contribution in [2.45, 2.75) is 81.7 Å². The first-order chi connectivity index (χ1) is 17.7. The summed E-state index contributed by atoms with van der Waals surface area (Å²) in [6, 6.07) is 0.318. The summed E-state index contributed by atoms with van der Waals surface area (Å²) < 4.78 is 74.5. The maximum Gasteiger partial charge on any atom is 0.672 e. The Bertz CT molecular complexity index is 443. The van der Waals surface area contributed by atoms with Gasteiger partial charge in [-0.1, -0.05) is 13.3 Å². The molecule has 0 aromatic carbocycles. The number of rotatable bonds is 26. The Balaban J connectivity index is 7.11. The van der Waals surface area contributed by atoms with E-state index in [2.05, 4.69) is 0 Å². The van der Waals surface area contributed by atoms with Crippen molar-refractivity contribution in [3.8, 4) is 0 Å². The Kier molecular flexibility index (Phi) is 20.5. The molecule has 0 aliphatic heterocycles. The van der Waals surface area contributed by atoms with Gasteiger partial charge in [0.15, 0.2) is 0 Å². The van der Waals surface area contributed by atoms with Crippen LogP contribution in [0.3, 0.4) is 0 Å². The highest BCUT2D eigenvalue weighted by Gasteiger charge is 2.67. The first kappa shape index (κ1) is 37.4. The third kappa shape index (κ3) is 12.6. The Hall–Kier alpha value is 0.388. The van der Waals surface area contributed by atoms with Gasteiger partial charge in [-0.25, -0.2) is 0 Å². The Labute approximate surface area is 229 Å². The van der Waals surface area contributed by atoms with Crippen LogP contribution in [0.4, 0.5) is 0 Å². The van der Waals surface area contributed by atoms with E-state index >= 15 is 0 Å². The molecule has 0 rings (SSSR count). The second kappa shape index (κ2) is 20.3. The molecule has 0 aliphatic carbocycles. The summed E-state index contributed by atoms with van der Waals surface area (Å²) in [6.07, 6.45) is 0.616. The summed E-state index contributed by atoms with van der Waals surface area (Å²) in [5.41, 5.74) is 0. The lowest BCUT2D eigenvalue weighted by Crippen LogP contribution is -2.70. The van der Waals surface area contributed by atoms with Gasteiger partial charge in [-0.05, 0) is 62.3 Å². The fraction of sp³-hybridized carbons (Fsp3) is 1.00. The lowest BCUT2D eigenvalue weighted by Gasteiger charge is -2.43. The van der Waals surface area contributed by atoms with Crippen LogP contribution in [0.15, 0.2) is 0 Å². The van der Waals surface area contributed by atoms with Gasteiger partial charge < -0.3 is 52.2 Å². The van der Waals surface area contributed by atoms with E-state index in [0.717, 1.165) is 0 Å². The minimum atomic E-state index is -3.98. The molecule has 12 nitrogen and oxygen atoms in total. The van der Waals surface area contributed by atoms with Crippen molar-refractivity contribution in [3.63, 3.8) is 0 Å². The normalized spacial score (nSPS) is 13.5. The Morgan fingerprint density at radius 1 is 0.324 bits per heavy atom. The molecule has 0 radical (unpaired) electrons. The van der Waals surface area contributed by atoms with Crippen LogP contribution < -0.4 is 0 Å². The molecular formula is C21H52O12Si4. The molecule has 0 amide bonds. The summed E-state index contributed by atoms with van der Waals surface area (Å²) in [7, 11) is -15.3. The van der Waals surface area contributed by atoms with Crippen molar-refractivity contribution in [1.82, 2.24) is 0 Å². The molecule has 0 saturated carbocycles. The maximum absolute atomic E-state index is 6.73. The minimum Gasteiger partial charge on any atom is -0.352 e. The summed E-state index contributed by atoms with van der Waals surface area (Å²) in [4.78, 5) is 0. The molecule has 37 heavy (non-hydrogen) atoms. The van der Waals surface area contributed by atoms with Crippen LogP contribution in [-0.4, -0.2) is 95.4 Å². The highest BCUT2D eigenvalue weighted by molar-refractivity contribution is 6.82. The zero-order valence-electron chi connectivity index (χ0n) is 24.7. The van der Waals surface area contributed by atoms with E-state index in [0.29, 0.717) is 71.9 Å². The van der Waals surface area contributed by atoms with E-state index in [-0.39, 0.29) is 0 Å². The second-order valence-electron chi connectivity index (χ2n) is 7.14. The van der Waals surface area contributed by atoms with Crippen LogP contribution in [0.25, 0.3) is 0 Å². The highest BCUT2D eigenvalue weighted by Crippen LogP contribution is 2.33. The van der Waals surface area contributed by atoms with Gasteiger partial charge >= 0.3 is 35.9 Å². The maximum atomic E-state index is 6.73. The fourth-order valence-electron chi connectivity index (χ4n) is 3.32. The van der Waals surface area contributed by atoms with Crippen LogP contribution in [0.5, 0.6) is 0 Å². The molecule has 0 heterocycles. The minimum absolute atomic E-state index is 0.290. The number of hydrogen-bond acceptors (Lipinski definition) is 12. The largest absolute Gasteiger partial charge is 0.672 e. The fourth-order valence-corrected chi connectivity index (χ4v) is 17.4. The van der Waals surface area contributed by atoms with Crippen molar-refractivity contribution in [1.29, 1.82) is 0 Å². The zero-order chi connectivity index (χ0) is 28.3. The van der Waals surface area contributed by atoms with Crippen LogP contribution in [0, 0.1) is 0 Å². The molecule has 0 fully saturated rings. The van der Waals surface area contributed by atoms with E-state index in [1.807, 2.05) is 69.2 Å². The van der Waals surface area contributed by atoms with Crippen molar-refractivity contribution in [3.05, 3.63) is 0 Å². The van der Waals surface area contributed by atoms with E-state index in [1.54, 1.807) is 0 Å². The summed E-state index contributed by atoms with van der Waals surface area (Å²) in [5.74, 6) is 0. The third-order valence-electron chi connectivity index (χ3n) is 4.29. The number of hydrogen-bond donors (Lipinski definition) is 0. The molecule has 224 valence electrons. The predicted molar refractivity (Wildman–Crippen MR) is 146 cm³/mol. The summed E-state index contributed by atoms with van der Waals surface area (Å²) in [5, 5.41) is 0. The standard InChI is InChI=1S/C21H52O12Si4/c1-11-21-34(31-35(22-12-2,23-13-3)24-14-4,32-36(25-15-5,26-16-6)27-17-7)33-37(28-18-8,29-19-9)30-20-10/h11-21H2,1-10H3. The topological polar surface area (TPSA) is 111 Å². The summed E-state index contributed by atoms with van der Waals surface area (Å²) in [6.45, 7) is 21.2. The molecule has 0 N–H and O–H groups in total. The lowest BCUT2D eigenvalue weighted by molar-refractivity contribution is -0.0544. The van der Waals surface area contributed by atoms with E-state index in [1.165, 1.54) is 0 Å². The quantitative estimate of drug-likeness (QED) is 0.132. The van der Waals surface area contributed by atoms with Gasteiger partial charge in [0.25, 0.3) is 0 Å². The van der Waals surface area contributed by atoms with Crippen LogP contribution in [0.2, 0.25) is 6.04 Å². The van der Waals surface area contributed by atoms with Gasteiger partial charge in [-0.15, -0.1) is 0 Å². The highest BCUT2D eigenvalue weighted by atomic mass is 28.5. The smallest absolute Gasteiger partial charge is 0.352 e. The van der Waals surface area contributed by atoms with Crippen molar-refractivity contribution in [2.75, 3.05) is 59.5 Å². The van der Waals surface area contributed by atoms with Crippen LogP contribution in [0.1, 0.15) is 75.7 Å². The van der Waals surface area contributed by atoms with Gasteiger partial charge in [-0.2, -0.15) is 0 Å². The Morgan fingerprint density at radius 2 is 0.514 bits per heavy atom. The van der Waals surface area contributed by atoms with Gasteiger partial charge in [0, 0.05) is 65.5 Å². The van der Waals surface area contributed by atoms with Crippen LogP contribution in [-0.2, 0) is 52.2 Å². The average Bonchev–Trinajstić information content (AvgIpc) is 2.80. The third-order valence-corrected chi connectivity index (χ3v) is 17.9. The molecule has 0 saturated heterocycles.